The van der Waals surface area contributed by atoms with Gasteiger partial charge in [-0.15, -0.1) is 0 Å². The van der Waals surface area contributed by atoms with Crippen LogP contribution in [-0.4, -0.2) is 16.2 Å². The molecule has 0 saturated heterocycles. The van der Waals surface area contributed by atoms with Crippen molar-refractivity contribution in [1.29, 1.82) is 0 Å². The summed E-state index contributed by atoms with van der Waals surface area (Å²) in [5.74, 6) is -2.66. The number of halogens is 4. The maximum atomic E-state index is 13.2. The zero-order valence-corrected chi connectivity index (χ0v) is 8.33. The monoisotopic (exact) mass is 252 g/mol. The summed E-state index contributed by atoms with van der Waals surface area (Å²) in [4.78, 5) is 10.3. The number of alkyl halides is 3. The quantitative estimate of drug-likeness (QED) is 0.812. The molecule has 1 atom stereocenters. The molecule has 94 valence electrons. The highest BCUT2D eigenvalue weighted by molar-refractivity contribution is 5.67. The average Bonchev–Trinajstić information content (AvgIpc) is 2.14. The second kappa shape index (κ2) is 4.70. The molecular weight excluding hydrogens is 244 g/mol. The maximum Gasteiger partial charge on any atom is 0.416 e. The molecule has 0 bridgehead atoms. The molecule has 7 heteroatoms. The van der Waals surface area contributed by atoms with Gasteiger partial charge in [-0.2, -0.15) is 13.2 Å². The highest BCUT2D eigenvalue weighted by Gasteiger charge is 2.31. The van der Waals surface area contributed by atoms with E-state index in [-0.39, 0.29) is 6.07 Å². The molecular formula is C10H8F4O3. The van der Waals surface area contributed by atoms with E-state index in [1.807, 2.05) is 0 Å². The Morgan fingerprint density at radius 3 is 2.35 bits per heavy atom. The van der Waals surface area contributed by atoms with Crippen molar-refractivity contribution in [3.63, 3.8) is 0 Å². The van der Waals surface area contributed by atoms with E-state index in [1.54, 1.807) is 0 Å². The Labute approximate surface area is 93.3 Å². The third-order valence-electron chi connectivity index (χ3n) is 2.05. The Hall–Kier alpha value is -1.63. The first-order chi connectivity index (χ1) is 7.71. The summed E-state index contributed by atoms with van der Waals surface area (Å²) in [6, 6.07) is 1.54. The standard InChI is InChI=1S/C10H8F4O3/c11-7-3-5(10(12,13)14)1-2-6(7)8(15)4-9(16)17/h1-3,8,15H,4H2,(H,16,17)/t8-/m1/s1. The third kappa shape index (κ3) is 3.42. The first kappa shape index (κ1) is 13.4. The molecule has 0 radical (unpaired) electrons. The number of carbonyl (C=O) groups is 1. The fourth-order valence-electron chi connectivity index (χ4n) is 1.25. The van der Waals surface area contributed by atoms with Gasteiger partial charge in [-0.05, 0) is 12.1 Å². The van der Waals surface area contributed by atoms with Gasteiger partial charge in [0.05, 0.1) is 18.1 Å². The minimum absolute atomic E-state index is 0.223. The van der Waals surface area contributed by atoms with E-state index in [4.69, 9.17) is 5.11 Å². The van der Waals surface area contributed by atoms with Gasteiger partial charge in [0.15, 0.2) is 0 Å². The molecule has 0 aromatic heterocycles. The van der Waals surface area contributed by atoms with Crippen molar-refractivity contribution in [2.24, 2.45) is 0 Å². The fourth-order valence-corrected chi connectivity index (χ4v) is 1.25. The van der Waals surface area contributed by atoms with Crippen LogP contribution in [0.4, 0.5) is 17.6 Å². The molecule has 0 heterocycles. The Kier molecular flexibility index (Phi) is 3.72. The van der Waals surface area contributed by atoms with Crippen LogP contribution >= 0.6 is 0 Å². The van der Waals surface area contributed by atoms with Crippen molar-refractivity contribution in [2.75, 3.05) is 0 Å². The zero-order chi connectivity index (χ0) is 13.2. The fraction of sp³-hybridized carbons (Fsp3) is 0.300. The molecule has 0 spiro atoms. The summed E-state index contributed by atoms with van der Waals surface area (Å²) in [5, 5.41) is 17.6. The van der Waals surface area contributed by atoms with Crippen LogP contribution in [0.5, 0.6) is 0 Å². The number of rotatable bonds is 3. The Morgan fingerprint density at radius 2 is 1.94 bits per heavy atom. The van der Waals surface area contributed by atoms with E-state index in [0.717, 1.165) is 6.07 Å². The summed E-state index contributed by atoms with van der Waals surface area (Å²) >= 11 is 0. The molecule has 0 amide bonds. The van der Waals surface area contributed by atoms with Crippen LogP contribution in [0.3, 0.4) is 0 Å². The lowest BCUT2D eigenvalue weighted by atomic mass is 10.0. The summed E-state index contributed by atoms with van der Waals surface area (Å²) in [6.45, 7) is 0. The normalized spacial score (nSPS) is 13.5. The number of hydrogen-bond acceptors (Lipinski definition) is 2. The van der Waals surface area contributed by atoms with Gasteiger partial charge in [0.2, 0.25) is 0 Å². The van der Waals surface area contributed by atoms with Crippen LogP contribution in [0.15, 0.2) is 18.2 Å². The van der Waals surface area contributed by atoms with Crippen molar-refractivity contribution >= 4 is 5.97 Å². The second-order valence-electron chi connectivity index (χ2n) is 3.35. The summed E-state index contributed by atoms with van der Waals surface area (Å²) < 4.78 is 49.8. The number of carboxylic acids is 1. The first-order valence-corrected chi connectivity index (χ1v) is 4.48. The number of aliphatic hydroxyl groups excluding tert-OH is 1. The smallest absolute Gasteiger partial charge is 0.416 e. The minimum Gasteiger partial charge on any atom is -0.481 e. The molecule has 1 rings (SSSR count). The predicted molar refractivity (Wildman–Crippen MR) is 48.6 cm³/mol. The SMILES string of the molecule is O=C(O)C[C@@H](O)c1ccc(C(F)(F)F)cc1F. The van der Waals surface area contributed by atoms with Crippen molar-refractivity contribution in [3.8, 4) is 0 Å². The third-order valence-corrected chi connectivity index (χ3v) is 2.05. The van der Waals surface area contributed by atoms with Gasteiger partial charge in [-0.25, -0.2) is 4.39 Å². The lowest BCUT2D eigenvalue weighted by Crippen LogP contribution is -2.10. The molecule has 17 heavy (non-hydrogen) atoms. The van der Waals surface area contributed by atoms with Crippen LogP contribution in [0, 0.1) is 5.82 Å². The number of hydrogen-bond donors (Lipinski definition) is 2. The largest absolute Gasteiger partial charge is 0.481 e. The second-order valence-corrected chi connectivity index (χ2v) is 3.35. The number of carboxylic acid groups (broad SMARTS) is 1. The topological polar surface area (TPSA) is 57.5 Å². The van der Waals surface area contributed by atoms with Gasteiger partial charge in [-0.3, -0.25) is 4.79 Å². The maximum absolute atomic E-state index is 13.2. The van der Waals surface area contributed by atoms with Gasteiger partial charge in [0.1, 0.15) is 5.82 Å². The zero-order valence-electron chi connectivity index (χ0n) is 8.33. The Balaban J connectivity index is 3.02. The Bertz CT molecular complexity index is 428. The van der Waals surface area contributed by atoms with Gasteiger partial charge in [0, 0.05) is 5.56 Å². The highest BCUT2D eigenvalue weighted by Crippen LogP contribution is 2.31. The molecule has 0 saturated carbocycles. The van der Waals surface area contributed by atoms with E-state index in [9.17, 15) is 27.5 Å². The lowest BCUT2D eigenvalue weighted by molar-refractivity contribution is -0.140. The number of aliphatic carboxylic acids is 1. The van der Waals surface area contributed by atoms with Crippen molar-refractivity contribution < 1.29 is 32.6 Å². The van der Waals surface area contributed by atoms with Crippen LogP contribution in [0.1, 0.15) is 23.7 Å². The molecule has 1 aromatic carbocycles. The van der Waals surface area contributed by atoms with Gasteiger partial charge >= 0.3 is 12.1 Å². The highest BCUT2D eigenvalue weighted by atomic mass is 19.4. The van der Waals surface area contributed by atoms with Gasteiger partial charge in [0.25, 0.3) is 0 Å². The van der Waals surface area contributed by atoms with Crippen LogP contribution in [0.2, 0.25) is 0 Å². The van der Waals surface area contributed by atoms with E-state index in [0.29, 0.717) is 6.07 Å². The van der Waals surface area contributed by atoms with Crippen LogP contribution in [-0.2, 0) is 11.0 Å². The summed E-state index contributed by atoms with van der Waals surface area (Å²) in [6.07, 6.45) is -7.13. The van der Waals surface area contributed by atoms with Crippen molar-refractivity contribution in [1.82, 2.24) is 0 Å². The van der Waals surface area contributed by atoms with E-state index in [2.05, 4.69) is 0 Å². The van der Waals surface area contributed by atoms with Crippen molar-refractivity contribution in [2.45, 2.75) is 18.7 Å². The van der Waals surface area contributed by atoms with Crippen LogP contribution in [0.25, 0.3) is 0 Å². The lowest BCUT2D eigenvalue weighted by Gasteiger charge is -2.12. The molecule has 2 N–H and O–H groups in total. The molecule has 0 aliphatic rings. The average molecular weight is 252 g/mol. The van der Waals surface area contributed by atoms with Crippen molar-refractivity contribution in [3.05, 3.63) is 35.1 Å². The minimum atomic E-state index is -4.68. The molecule has 0 unspecified atom stereocenters. The molecule has 3 nitrogen and oxygen atoms in total. The van der Waals surface area contributed by atoms with Crippen LogP contribution < -0.4 is 0 Å². The number of aliphatic hydroxyl groups is 1. The Morgan fingerprint density at radius 1 is 1.35 bits per heavy atom. The molecule has 0 aliphatic carbocycles. The molecule has 0 fully saturated rings. The van der Waals surface area contributed by atoms with Gasteiger partial charge < -0.3 is 10.2 Å². The first-order valence-electron chi connectivity index (χ1n) is 4.48. The van der Waals surface area contributed by atoms with Gasteiger partial charge in [-0.1, -0.05) is 6.07 Å². The summed E-state index contributed by atoms with van der Waals surface area (Å²) in [5.41, 5.74) is -1.67. The molecule has 1 aromatic rings. The van der Waals surface area contributed by atoms with E-state index in [1.165, 1.54) is 0 Å². The number of benzene rings is 1. The van der Waals surface area contributed by atoms with E-state index < -0.39 is 41.6 Å². The molecule has 0 aliphatic heterocycles. The predicted octanol–water partition coefficient (Wildman–Crippen LogP) is 2.35. The summed E-state index contributed by atoms with van der Waals surface area (Å²) in [7, 11) is 0. The van der Waals surface area contributed by atoms with E-state index >= 15 is 0 Å².